The zero-order valence-electron chi connectivity index (χ0n) is 10.0. The topological polar surface area (TPSA) is 34.9 Å². The summed E-state index contributed by atoms with van der Waals surface area (Å²) >= 11 is 0. The van der Waals surface area contributed by atoms with Gasteiger partial charge in [-0.3, -0.25) is 9.48 Å². The molecule has 1 aromatic carbocycles. The average molecular weight is 244 g/mol. The molecule has 0 atom stereocenters. The lowest BCUT2D eigenvalue weighted by atomic mass is 10.2. The predicted molar refractivity (Wildman–Crippen MR) is 67.7 cm³/mol. The molecule has 0 fully saturated rings. The first-order valence-electron chi connectivity index (χ1n) is 5.70. The first-order chi connectivity index (χ1) is 8.69. The number of hydrogen-bond acceptors (Lipinski definition) is 2. The second-order valence-corrected chi connectivity index (χ2v) is 3.81. The van der Waals surface area contributed by atoms with Gasteiger partial charge in [0.05, 0.1) is 0 Å². The van der Waals surface area contributed by atoms with Crippen molar-refractivity contribution in [2.45, 2.75) is 13.5 Å². The summed E-state index contributed by atoms with van der Waals surface area (Å²) in [6.45, 7) is 2.67. The van der Waals surface area contributed by atoms with Crippen LogP contribution in [0.3, 0.4) is 0 Å². The fraction of sp³-hybridized carbons (Fsp3) is 0.143. The highest BCUT2D eigenvalue weighted by Gasteiger charge is 2.05. The number of aromatic nitrogens is 2. The van der Waals surface area contributed by atoms with E-state index in [4.69, 9.17) is 0 Å². The van der Waals surface area contributed by atoms with E-state index in [1.54, 1.807) is 35.2 Å². The molecule has 18 heavy (non-hydrogen) atoms. The molecule has 0 aliphatic heterocycles. The number of aryl methyl sites for hydroxylation is 1. The van der Waals surface area contributed by atoms with Crippen LogP contribution in [0.25, 0.3) is 6.08 Å². The first kappa shape index (κ1) is 12.2. The molecule has 0 radical (unpaired) electrons. The zero-order valence-corrected chi connectivity index (χ0v) is 10.0. The molecule has 1 heterocycles. The standard InChI is InChI=1S/C14H13FN2O/c1-2-17-9-8-13(16-17)14(18)7-6-11-4-3-5-12(15)10-11/h3-10H,2H2,1H3/b7-6+. The van der Waals surface area contributed by atoms with Crippen molar-refractivity contribution < 1.29 is 9.18 Å². The van der Waals surface area contributed by atoms with Gasteiger partial charge in [-0.05, 0) is 36.8 Å². The Morgan fingerprint density at radius 3 is 2.94 bits per heavy atom. The molecule has 0 unspecified atom stereocenters. The Hall–Kier alpha value is -2.23. The molecule has 0 spiro atoms. The summed E-state index contributed by atoms with van der Waals surface area (Å²) in [7, 11) is 0. The Bertz CT molecular complexity index is 587. The van der Waals surface area contributed by atoms with E-state index in [1.165, 1.54) is 18.2 Å². The molecule has 0 N–H and O–H groups in total. The van der Waals surface area contributed by atoms with E-state index in [1.807, 2.05) is 6.92 Å². The van der Waals surface area contributed by atoms with Crippen LogP contribution in [0.1, 0.15) is 23.0 Å². The van der Waals surface area contributed by atoms with Gasteiger partial charge in [0.15, 0.2) is 0 Å². The molecule has 0 saturated carbocycles. The second kappa shape index (κ2) is 5.40. The summed E-state index contributed by atoms with van der Waals surface area (Å²) in [6.07, 6.45) is 4.73. The maximum absolute atomic E-state index is 12.9. The summed E-state index contributed by atoms with van der Waals surface area (Å²) in [5, 5.41) is 4.10. The predicted octanol–water partition coefficient (Wildman–Crippen LogP) is 2.94. The minimum absolute atomic E-state index is 0.188. The molecule has 2 aromatic rings. The van der Waals surface area contributed by atoms with Gasteiger partial charge in [0.2, 0.25) is 5.78 Å². The maximum atomic E-state index is 12.9. The van der Waals surface area contributed by atoms with Crippen molar-refractivity contribution in [2.75, 3.05) is 0 Å². The zero-order chi connectivity index (χ0) is 13.0. The van der Waals surface area contributed by atoms with E-state index in [0.717, 1.165) is 6.54 Å². The number of halogens is 1. The van der Waals surface area contributed by atoms with Crippen LogP contribution in [0.5, 0.6) is 0 Å². The molecular formula is C14H13FN2O. The van der Waals surface area contributed by atoms with Gasteiger partial charge in [-0.15, -0.1) is 0 Å². The van der Waals surface area contributed by atoms with Gasteiger partial charge >= 0.3 is 0 Å². The van der Waals surface area contributed by atoms with Crippen LogP contribution in [0.4, 0.5) is 4.39 Å². The van der Waals surface area contributed by atoms with Crippen molar-refractivity contribution in [3.05, 3.63) is 59.7 Å². The summed E-state index contributed by atoms with van der Waals surface area (Å²) in [6, 6.07) is 7.74. The van der Waals surface area contributed by atoms with Crippen LogP contribution in [-0.2, 0) is 6.54 Å². The van der Waals surface area contributed by atoms with E-state index < -0.39 is 0 Å². The van der Waals surface area contributed by atoms with Crippen LogP contribution in [0.15, 0.2) is 42.6 Å². The van der Waals surface area contributed by atoms with Crippen LogP contribution < -0.4 is 0 Å². The minimum atomic E-state index is -0.320. The van der Waals surface area contributed by atoms with Crippen LogP contribution in [0, 0.1) is 5.82 Å². The largest absolute Gasteiger partial charge is 0.287 e. The molecule has 3 nitrogen and oxygen atoms in total. The quantitative estimate of drug-likeness (QED) is 0.612. The lowest BCUT2D eigenvalue weighted by Gasteiger charge is -1.93. The number of rotatable bonds is 4. The van der Waals surface area contributed by atoms with Gasteiger partial charge in [-0.2, -0.15) is 5.10 Å². The second-order valence-electron chi connectivity index (χ2n) is 3.81. The number of benzene rings is 1. The monoisotopic (exact) mass is 244 g/mol. The minimum Gasteiger partial charge on any atom is -0.287 e. The van der Waals surface area contributed by atoms with Crippen LogP contribution in [0.2, 0.25) is 0 Å². The lowest BCUT2D eigenvalue weighted by Crippen LogP contribution is -1.99. The molecule has 0 saturated heterocycles. The van der Waals surface area contributed by atoms with Gasteiger partial charge in [-0.25, -0.2) is 4.39 Å². The van der Waals surface area contributed by atoms with Gasteiger partial charge in [0, 0.05) is 12.7 Å². The highest BCUT2D eigenvalue weighted by molar-refractivity contribution is 6.05. The number of allylic oxidation sites excluding steroid dienone is 1. The third kappa shape index (κ3) is 2.91. The molecular weight excluding hydrogens is 231 g/mol. The summed E-state index contributed by atoms with van der Waals surface area (Å²) in [5.74, 6) is -0.508. The van der Waals surface area contributed by atoms with Crippen molar-refractivity contribution in [1.82, 2.24) is 9.78 Å². The SMILES string of the molecule is CCn1ccc(C(=O)/C=C/c2cccc(F)c2)n1. The lowest BCUT2D eigenvalue weighted by molar-refractivity contribution is 0.104. The van der Waals surface area contributed by atoms with Crippen molar-refractivity contribution in [3.8, 4) is 0 Å². The molecule has 4 heteroatoms. The van der Waals surface area contributed by atoms with E-state index in [-0.39, 0.29) is 11.6 Å². The summed E-state index contributed by atoms with van der Waals surface area (Å²) in [5.41, 5.74) is 1.04. The number of carbonyl (C=O) groups excluding carboxylic acids is 1. The van der Waals surface area contributed by atoms with E-state index in [9.17, 15) is 9.18 Å². The van der Waals surface area contributed by atoms with Crippen molar-refractivity contribution in [1.29, 1.82) is 0 Å². The number of nitrogens with zero attached hydrogens (tertiary/aromatic N) is 2. The number of carbonyl (C=O) groups is 1. The van der Waals surface area contributed by atoms with E-state index in [2.05, 4.69) is 5.10 Å². The Balaban J connectivity index is 2.11. The van der Waals surface area contributed by atoms with E-state index >= 15 is 0 Å². The fourth-order valence-corrected chi connectivity index (χ4v) is 1.54. The summed E-state index contributed by atoms with van der Waals surface area (Å²) < 4.78 is 14.6. The molecule has 2 rings (SSSR count). The Morgan fingerprint density at radius 2 is 2.28 bits per heavy atom. The van der Waals surface area contributed by atoms with Gasteiger partial charge in [0.1, 0.15) is 11.5 Å². The molecule has 0 aliphatic carbocycles. The highest BCUT2D eigenvalue weighted by Crippen LogP contribution is 2.07. The van der Waals surface area contributed by atoms with Crippen LogP contribution >= 0.6 is 0 Å². The van der Waals surface area contributed by atoms with Crippen molar-refractivity contribution in [3.63, 3.8) is 0 Å². The Morgan fingerprint density at radius 1 is 1.44 bits per heavy atom. The number of ketones is 1. The Labute approximate surface area is 105 Å². The van der Waals surface area contributed by atoms with Crippen molar-refractivity contribution >= 4 is 11.9 Å². The third-order valence-electron chi connectivity index (χ3n) is 2.49. The maximum Gasteiger partial charge on any atom is 0.206 e. The molecule has 0 aliphatic rings. The molecule has 0 amide bonds. The molecule has 0 bridgehead atoms. The summed E-state index contributed by atoms with van der Waals surface area (Å²) in [4.78, 5) is 11.8. The normalized spacial score (nSPS) is 11.0. The Kier molecular flexibility index (Phi) is 3.67. The number of hydrogen-bond donors (Lipinski definition) is 0. The van der Waals surface area contributed by atoms with E-state index in [0.29, 0.717) is 11.3 Å². The highest BCUT2D eigenvalue weighted by atomic mass is 19.1. The third-order valence-corrected chi connectivity index (χ3v) is 2.49. The van der Waals surface area contributed by atoms with Gasteiger partial charge in [-0.1, -0.05) is 18.2 Å². The molecule has 1 aromatic heterocycles. The average Bonchev–Trinajstić information content (AvgIpc) is 2.85. The smallest absolute Gasteiger partial charge is 0.206 e. The molecule has 92 valence electrons. The first-order valence-corrected chi connectivity index (χ1v) is 5.70. The van der Waals surface area contributed by atoms with Gasteiger partial charge in [0.25, 0.3) is 0 Å². The van der Waals surface area contributed by atoms with Crippen LogP contribution in [-0.4, -0.2) is 15.6 Å². The van der Waals surface area contributed by atoms with Crippen molar-refractivity contribution in [2.24, 2.45) is 0 Å². The van der Waals surface area contributed by atoms with Gasteiger partial charge < -0.3 is 0 Å². The fourth-order valence-electron chi connectivity index (χ4n) is 1.54.